The topological polar surface area (TPSA) is 55.1 Å². The Bertz CT molecular complexity index is 342. The van der Waals surface area contributed by atoms with Crippen LogP contribution in [-0.2, 0) is 0 Å². The van der Waals surface area contributed by atoms with E-state index in [1.54, 1.807) is 13.1 Å². The van der Waals surface area contributed by atoms with Crippen LogP contribution in [-0.4, -0.2) is 26.5 Å². The van der Waals surface area contributed by atoms with Gasteiger partial charge < -0.3 is 9.67 Å². The van der Waals surface area contributed by atoms with Gasteiger partial charge in [-0.05, 0) is 20.8 Å². The molecule has 0 aliphatic carbocycles. The number of aryl methyl sites for hydroxylation is 1. The van der Waals surface area contributed by atoms with E-state index in [2.05, 4.69) is 4.98 Å². The fraction of sp³-hybridized carbons (Fsp3) is 0.600. The number of aliphatic hydroxyl groups excluding tert-OH is 1. The minimum Gasteiger partial charge on any atom is -0.391 e. The number of nitrogens with zero attached hydrogens (tertiary/aromatic N) is 2. The molecule has 1 heterocycles. The summed E-state index contributed by atoms with van der Waals surface area (Å²) in [6, 6.07) is -0.0596. The second-order valence-electron chi connectivity index (χ2n) is 3.62. The number of hydrogen-bond donors (Lipinski definition) is 1. The van der Waals surface area contributed by atoms with Crippen LogP contribution in [0.2, 0.25) is 0 Å². The number of aliphatic hydroxyl groups is 1. The molecule has 1 aromatic rings. The summed E-state index contributed by atoms with van der Waals surface area (Å²) in [6.07, 6.45) is 1.23. The molecule has 0 fully saturated rings. The van der Waals surface area contributed by atoms with Gasteiger partial charge in [-0.15, -0.1) is 0 Å². The number of hydrogen-bond acceptors (Lipinski definition) is 3. The average molecular weight is 196 g/mol. The van der Waals surface area contributed by atoms with Gasteiger partial charge in [-0.3, -0.25) is 4.79 Å². The van der Waals surface area contributed by atoms with Crippen molar-refractivity contribution in [1.82, 2.24) is 9.55 Å². The van der Waals surface area contributed by atoms with Gasteiger partial charge in [-0.2, -0.15) is 0 Å². The molecule has 0 amide bonds. The van der Waals surface area contributed by atoms with Gasteiger partial charge in [0.1, 0.15) is 11.5 Å². The van der Waals surface area contributed by atoms with Crippen LogP contribution in [0.3, 0.4) is 0 Å². The Labute approximate surface area is 83.6 Å². The van der Waals surface area contributed by atoms with E-state index in [1.165, 1.54) is 6.92 Å². The number of carbonyl (C=O) groups excluding carboxylic acids is 1. The van der Waals surface area contributed by atoms with Gasteiger partial charge >= 0.3 is 0 Å². The van der Waals surface area contributed by atoms with Crippen LogP contribution in [0.25, 0.3) is 0 Å². The van der Waals surface area contributed by atoms with Gasteiger partial charge in [0.05, 0.1) is 12.1 Å². The third-order valence-corrected chi connectivity index (χ3v) is 2.41. The van der Waals surface area contributed by atoms with Crippen molar-refractivity contribution in [3.63, 3.8) is 0 Å². The summed E-state index contributed by atoms with van der Waals surface area (Å²) in [6.45, 7) is 6.92. The molecule has 0 radical (unpaired) electrons. The van der Waals surface area contributed by atoms with E-state index in [9.17, 15) is 9.90 Å². The lowest BCUT2D eigenvalue weighted by atomic mass is 10.2. The number of aromatic nitrogens is 2. The van der Waals surface area contributed by atoms with Crippen molar-refractivity contribution in [2.24, 2.45) is 0 Å². The van der Waals surface area contributed by atoms with Gasteiger partial charge in [0, 0.05) is 13.1 Å². The van der Waals surface area contributed by atoms with Crippen LogP contribution >= 0.6 is 0 Å². The molecule has 0 saturated heterocycles. The van der Waals surface area contributed by atoms with Crippen LogP contribution in [0.5, 0.6) is 0 Å². The molecule has 2 unspecified atom stereocenters. The van der Waals surface area contributed by atoms with Crippen molar-refractivity contribution in [1.29, 1.82) is 0 Å². The molecular formula is C10H16N2O2. The Hall–Kier alpha value is -1.16. The Kier molecular flexibility index (Phi) is 3.06. The van der Waals surface area contributed by atoms with Crippen LogP contribution in [0.4, 0.5) is 0 Å². The zero-order chi connectivity index (χ0) is 10.9. The maximum atomic E-state index is 11.1. The highest BCUT2D eigenvalue weighted by atomic mass is 16.3. The van der Waals surface area contributed by atoms with E-state index >= 15 is 0 Å². The SMILES string of the molecule is CC(=O)c1cn(C(C)C(C)O)c(C)n1. The second-order valence-corrected chi connectivity index (χ2v) is 3.62. The molecule has 0 spiro atoms. The van der Waals surface area contributed by atoms with Gasteiger partial charge in [-0.25, -0.2) is 4.98 Å². The van der Waals surface area contributed by atoms with Crippen molar-refractivity contribution < 1.29 is 9.90 Å². The predicted octanol–water partition coefficient (Wildman–Crippen LogP) is 1.34. The molecule has 0 bridgehead atoms. The molecule has 0 aliphatic heterocycles. The first-order chi connectivity index (χ1) is 6.43. The normalized spacial score (nSPS) is 15.2. The van der Waals surface area contributed by atoms with E-state index in [0.29, 0.717) is 5.69 Å². The molecule has 2 atom stereocenters. The molecule has 0 aliphatic rings. The highest BCUT2D eigenvalue weighted by Gasteiger charge is 2.15. The van der Waals surface area contributed by atoms with E-state index < -0.39 is 6.10 Å². The summed E-state index contributed by atoms with van der Waals surface area (Å²) >= 11 is 0. The third-order valence-electron chi connectivity index (χ3n) is 2.41. The van der Waals surface area contributed by atoms with Crippen molar-refractivity contribution in [2.45, 2.75) is 39.8 Å². The number of rotatable bonds is 3. The van der Waals surface area contributed by atoms with Crippen molar-refractivity contribution in [2.75, 3.05) is 0 Å². The van der Waals surface area contributed by atoms with Crippen LogP contribution in [0.15, 0.2) is 6.20 Å². The van der Waals surface area contributed by atoms with Gasteiger partial charge in [0.15, 0.2) is 5.78 Å². The van der Waals surface area contributed by atoms with Crippen LogP contribution in [0.1, 0.15) is 43.1 Å². The summed E-state index contributed by atoms with van der Waals surface area (Å²) in [5.74, 6) is 0.702. The van der Waals surface area contributed by atoms with E-state index in [4.69, 9.17) is 0 Å². The minimum atomic E-state index is -0.456. The van der Waals surface area contributed by atoms with Crippen LogP contribution < -0.4 is 0 Å². The first-order valence-electron chi connectivity index (χ1n) is 4.68. The molecule has 78 valence electrons. The standard InChI is InChI=1S/C10H16N2O2/c1-6(7(2)13)12-5-10(8(3)14)11-9(12)4/h5-7,13H,1-4H3. The number of imidazole rings is 1. The lowest BCUT2D eigenvalue weighted by molar-refractivity contribution is 0.101. The maximum Gasteiger partial charge on any atom is 0.179 e. The minimum absolute atomic E-state index is 0.0513. The van der Waals surface area contributed by atoms with Gasteiger partial charge in [0.25, 0.3) is 0 Å². The van der Waals surface area contributed by atoms with Crippen molar-refractivity contribution in [3.05, 3.63) is 17.7 Å². The monoisotopic (exact) mass is 196 g/mol. The molecule has 1 aromatic heterocycles. The van der Waals surface area contributed by atoms with Crippen LogP contribution in [0, 0.1) is 6.92 Å². The van der Waals surface area contributed by atoms with Crippen molar-refractivity contribution >= 4 is 5.78 Å². The number of carbonyl (C=O) groups is 1. The van der Waals surface area contributed by atoms with Crippen molar-refractivity contribution in [3.8, 4) is 0 Å². The first-order valence-corrected chi connectivity index (χ1v) is 4.68. The summed E-state index contributed by atoms with van der Waals surface area (Å²) in [7, 11) is 0. The summed E-state index contributed by atoms with van der Waals surface area (Å²) in [5, 5.41) is 9.41. The lowest BCUT2D eigenvalue weighted by Gasteiger charge is -2.17. The average Bonchev–Trinajstić information content (AvgIpc) is 2.46. The molecule has 4 heteroatoms. The van der Waals surface area contributed by atoms with Gasteiger partial charge in [0.2, 0.25) is 0 Å². The third kappa shape index (κ3) is 2.01. The quantitative estimate of drug-likeness (QED) is 0.742. The molecule has 0 saturated carbocycles. The Balaban J connectivity index is 3.04. The maximum absolute atomic E-state index is 11.1. The fourth-order valence-corrected chi connectivity index (χ4v) is 1.30. The second kappa shape index (κ2) is 3.92. The molecule has 1 N–H and O–H groups in total. The number of ketones is 1. The zero-order valence-corrected chi connectivity index (χ0v) is 8.98. The fourth-order valence-electron chi connectivity index (χ4n) is 1.30. The largest absolute Gasteiger partial charge is 0.391 e. The van der Waals surface area contributed by atoms with E-state index in [0.717, 1.165) is 5.82 Å². The predicted molar refractivity (Wildman–Crippen MR) is 53.4 cm³/mol. The van der Waals surface area contributed by atoms with E-state index in [-0.39, 0.29) is 11.8 Å². The molecule has 1 rings (SSSR count). The molecule has 4 nitrogen and oxygen atoms in total. The number of Topliss-reactive ketones (excluding diaryl/α,β-unsaturated/α-hetero) is 1. The summed E-state index contributed by atoms with van der Waals surface area (Å²) in [4.78, 5) is 15.2. The Morgan fingerprint density at radius 3 is 2.50 bits per heavy atom. The Morgan fingerprint density at radius 1 is 1.57 bits per heavy atom. The summed E-state index contributed by atoms with van der Waals surface area (Å²) < 4.78 is 1.82. The first kappa shape index (κ1) is 10.9. The smallest absolute Gasteiger partial charge is 0.179 e. The molecule has 14 heavy (non-hydrogen) atoms. The highest BCUT2D eigenvalue weighted by molar-refractivity contribution is 5.91. The lowest BCUT2D eigenvalue weighted by Crippen LogP contribution is -2.18. The molecule has 0 aromatic carbocycles. The summed E-state index contributed by atoms with van der Waals surface area (Å²) in [5.41, 5.74) is 0.454. The van der Waals surface area contributed by atoms with Gasteiger partial charge in [-0.1, -0.05) is 0 Å². The zero-order valence-electron chi connectivity index (χ0n) is 8.98. The molecular weight excluding hydrogens is 180 g/mol. The Morgan fingerprint density at radius 2 is 2.14 bits per heavy atom. The highest BCUT2D eigenvalue weighted by Crippen LogP contribution is 2.14. The van der Waals surface area contributed by atoms with E-state index in [1.807, 2.05) is 18.4 Å².